The van der Waals surface area contributed by atoms with Crippen molar-refractivity contribution >= 4 is 49.7 Å². The van der Waals surface area contributed by atoms with Gasteiger partial charge in [-0.2, -0.15) is 5.10 Å². The van der Waals surface area contributed by atoms with Gasteiger partial charge in [-0.1, -0.05) is 34.1 Å². The molecular weight excluding hydrogens is 422 g/mol. The maximum Gasteiger partial charge on any atom is 0.244 e. The number of carbonyl (C=O) groups is 1. The Labute approximate surface area is 152 Å². The number of nitrogens with zero attached hydrogens (tertiary/aromatic N) is 2. The summed E-state index contributed by atoms with van der Waals surface area (Å²) in [4.78, 5) is 13.9. The molecule has 2 aromatic rings. The SMILES string of the molecule is CN(C)c1ccc(/C=N/NC(=O)Cc2ccc(Br)cc2)cc1Br. The van der Waals surface area contributed by atoms with Crippen molar-refractivity contribution in [3.05, 3.63) is 62.5 Å². The van der Waals surface area contributed by atoms with Crippen LogP contribution >= 0.6 is 31.9 Å². The molecule has 0 bridgehead atoms. The Hall–Kier alpha value is -1.66. The number of carbonyl (C=O) groups excluding carboxylic acids is 1. The van der Waals surface area contributed by atoms with Gasteiger partial charge in [-0.25, -0.2) is 5.43 Å². The Morgan fingerprint density at radius 2 is 1.87 bits per heavy atom. The molecule has 1 amide bonds. The minimum atomic E-state index is -0.146. The highest BCUT2D eigenvalue weighted by Crippen LogP contribution is 2.25. The summed E-state index contributed by atoms with van der Waals surface area (Å²) in [6.45, 7) is 0. The summed E-state index contributed by atoms with van der Waals surface area (Å²) in [5.41, 5.74) is 5.48. The van der Waals surface area contributed by atoms with Gasteiger partial charge in [0, 0.05) is 23.0 Å². The molecule has 0 aromatic heterocycles. The summed E-state index contributed by atoms with van der Waals surface area (Å²) in [6, 6.07) is 13.5. The second kappa shape index (κ2) is 8.26. The maximum atomic E-state index is 11.8. The Kier molecular flexibility index (Phi) is 6.36. The van der Waals surface area contributed by atoms with Crippen molar-refractivity contribution in [2.75, 3.05) is 19.0 Å². The molecule has 0 aliphatic rings. The van der Waals surface area contributed by atoms with E-state index in [1.54, 1.807) is 6.21 Å². The number of benzene rings is 2. The highest BCUT2D eigenvalue weighted by atomic mass is 79.9. The van der Waals surface area contributed by atoms with Crippen molar-refractivity contribution in [2.24, 2.45) is 5.10 Å². The van der Waals surface area contributed by atoms with Gasteiger partial charge in [0.05, 0.1) is 18.3 Å². The first-order valence-corrected chi connectivity index (χ1v) is 8.57. The molecule has 0 atom stereocenters. The lowest BCUT2D eigenvalue weighted by atomic mass is 10.1. The zero-order valence-electron chi connectivity index (χ0n) is 12.9. The topological polar surface area (TPSA) is 44.7 Å². The number of nitrogens with one attached hydrogen (secondary N) is 1. The van der Waals surface area contributed by atoms with E-state index < -0.39 is 0 Å². The highest BCUT2D eigenvalue weighted by molar-refractivity contribution is 9.10. The molecular formula is C17H17Br2N3O. The lowest BCUT2D eigenvalue weighted by Gasteiger charge is -2.14. The van der Waals surface area contributed by atoms with E-state index in [0.29, 0.717) is 6.42 Å². The lowest BCUT2D eigenvalue weighted by Crippen LogP contribution is -2.19. The van der Waals surface area contributed by atoms with Crippen molar-refractivity contribution < 1.29 is 4.79 Å². The van der Waals surface area contributed by atoms with Crippen LogP contribution in [0, 0.1) is 0 Å². The van der Waals surface area contributed by atoms with E-state index in [-0.39, 0.29) is 5.91 Å². The third kappa shape index (κ3) is 5.48. The van der Waals surface area contributed by atoms with E-state index >= 15 is 0 Å². The lowest BCUT2D eigenvalue weighted by molar-refractivity contribution is -0.120. The summed E-state index contributed by atoms with van der Waals surface area (Å²) in [7, 11) is 3.96. The maximum absolute atomic E-state index is 11.8. The minimum absolute atomic E-state index is 0.146. The van der Waals surface area contributed by atoms with Gasteiger partial charge in [0.2, 0.25) is 5.91 Å². The van der Waals surface area contributed by atoms with Crippen LogP contribution in [-0.2, 0) is 11.2 Å². The smallest absolute Gasteiger partial charge is 0.244 e. The largest absolute Gasteiger partial charge is 0.377 e. The molecule has 0 aliphatic carbocycles. The van der Waals surface area contributed by atoms with Gasteiger partial charge in [-0.15, -0.1) is 0 Å². The van der Waals surface area contributed by atoms with Crippen LogP contribution in [0.4, 0.5) is 5.69 Å². The van der Waals surface area contributed by atoms with Gasteiger partial charge in [-0.05, 0) is 51.3 Å². The second-order valence-corrected chi connectivity index (χ2v) is 6.97. The average Bonchev–Trinajstić information content (AvgIpc) is 2.49. The van der Waals surface area contributed by atoms with E-state index in [4.69, 9.17) is 0 Å². The quantitative estimate of drug-likeness (QED) is 0.567. The normalized spacial score (nSPS) is 10.8. The van der Waals surface area contributed by atoms with Crippen LogP contribution in [0.3, 0.4) is 0 Å². The molecule has 2 aromatic carbocycles. The van der Waals surface area contributed by atoms with E-state index in [1.165, 1.54) is 0 Å². The van der Waals surface area contributed by atoms with Crippen molar-refractivity contribution in [1.82, 2.24) is 5.43 Å². The second-order valence-electron chi connectivity index (χ2n) is 5.20. The number of amides is 1. The Morgan fingerprint density at radius 1 is 1.17 bits per heavy atom. The molecule has 0 radical (unpaired) electrons. The first kappa shape index (κ1) is 17.7. The Balaban J connectivity index is 1.92. The van der Waals surface area contributed by atoms with Crippen LogP contribution in [-0.4, -0.2) is 26.2 Å². The molecule has 0 heterocycles. The van der Waals surface area contributed by atoms with Gasteiger partial charge in [0.1, 0.15) is 0 Å². The number of hydrogen-bond donors (Lipinski definition) is 1. The molecule has 2 rings (SSSR count). The van der Waals surface area contributed by atoms with Crippen LogP contribution in [0.5, 0.6) is 0 Å². The van der Waals surface area contributed by atoms with Crippen molar-refractivity contribution in [3.63, 3.8) is 0 Å². The fourth-order valence-corrected chi connectivity index (χ4v) is 2.99. The van der Waals surface area contributed by atoms with E-state index in [0.717, 1.165) is 25.8 Å². The average molecular weight is 439 g/mol. The number of anilines is 1. The Morgan fingerprint density at radius 3 is 2.48 bits per heavy atom. The van der Waals surface area contributed by atoms with Crippen LogP contribution in [0.25, 0.3) is 0 Å². The fraction of sp³-hybridized carbons (Fsp3) is 0.176. The van der Waals surface area contributed by atoms with E-state index in [9.17, 15) is 4.79 Å². The van der Waals surface area contributed by atoms with Crippen LogP contribution in [0.1, 0.15) is 11.1 Å². The predicted molar refractivity (Wildman–Crippen MR) is 102 cm³/mol. The number of rotatable bonds is 5. The van der Waals surface area contributed by atoms with Gasteiger partial charge in [0.15, 0.2) is 0 Å². The fourth-order valence-electron chi connectivity index (χ4n) is 1.97. The summed E-state index contributed by atoms with van der Waals surface area (Å²) in [5, 5.41) is 4.00. The standard InChI is InChI=1S/C17H17Br2N3O/c1-22(2)16-8-5-13(9-15(16)19)11-20-21-17(23)10-12-3-6-14(18)7-4-12/h3-9,11H,10H2,1-2H3,(H,21,23)/b20-11+. The Bertz CT molecular complexity index is 712. The molecule has 0 unspecified atom stereocenters. The molecule has 1 N–H and O–H groups in total. The van der Waals surface area contributed by atoms with Crippen molar-refractivity contribution in [3.8, 4) is 0 Å². The first-order valence-electron chi connectivity index (χ1n) is 6.99. The highest BCUT2D eigenvalue weighted by Gasteiger charge is 2.03. The first-order chi connectivity index (χ1) is 11.0. The third-order valence-corrected chi connectivity index (χ3v) is 4.30. The van der Waals surface area contributed by atoms with Crippen LogP contribution in [0.15, 0.2) is 56.5 Å². The van der Waals surface area contributed by atoms with Gasteiger partial charge in [0.25, 0.3) is 0 Å². The molecule has 0 aliphatic heterocycles. The monoisotopic (exact) mass is 437 g/mol. The van der Waals surface area contributed by atoms with Gasteiger partial charge in [-0.3, -0.25) is 4.79 Å². The van der Waals surface area contributed by atoms with Crippen molar-refractivity contribution in [2.45, 2.75) is 6.42 Å². The van der Waals surface area contributed by atoms with Crippen LogP contribution in [0.2, 0.25) is 0 Å². The number of hydrazone groups is 1. The van der Waals surface area contributed by atoms with E-state index in [2.05, 4.69) is 42.4 Å². The van der Waals surface area contributed by atoms with Crippen molar-refractivity contribution in [1.29, 1.82) is 0 Å². The molecule has 0 fully saturated rings. The summed E-state index contributed by atoms with van der Waals surface area (Å²) >= 11 is 6.89. The zero-order valence-corrected chi connectivity index (χ0v) is 16.1. The minimum Gasteiger partial charge on any atom is -0.377 e. The molecule has 0 saturated heterocycles. The number of halogens is 2. The van der Waals surface area contributed by atoms with Crippen LogP contribution < -0.4 is 10.3 Å². The summed E-state index contributed by atoms with van der Waals surface area (Å²) in [5.74, 6) is -0.146. The summed E-state index contributed by atoms with van der Waals surface area (Å²) < 4.78 is 1.97. The van der Waals surface area contributed by atoms with Gasteiger partial charge >= 0.3 is 0 Å². The summed E-state index contributed by atoms with van der Waals surface area (Å²) in [6.07, 6.45) is 1.93. The zero-order chi connectivity index (χ0) is 16.8. The van der Waals surface area contributed by atoms with Gasteiger partial charge < -0.3 is 4.90 Å². The molecule has 0 spiro atoms. The third-order valence-electron chi connectivity index (χ3n) is 3.13. The molecule has 0 saturated carbocycles. The molecule has 4 nitrogen and oxygen atoms in total. The predicted octanol–water partition coefficient (Wildman–Crippen LogP) is 3.97. The van der Waals surface area contributed by atoms with E-state index in [1.807, 2.05) is 61.5 Å². The molecule has 120 valence electrons. The molecule has 23 heavy (non-hydrogen) atoms. The molecule has 6 heteroatoms. The number of hydrogen-bond acceptors (Lipinski definition) is 3.